The van der Waals surface area contributed by atoms with Crippen molar-refractivity contribution in [3.05, 3.63) is 0 Å². The van der Waals surface area contributed by atoms with Gasteiger partial charge in [-0.2, -0.15) is 0 Å². The van der Waals surface area contributed by atoms with Crippen molar-refractivity contribution in [1.29, 1.82) is 0 Å². The van der Waals surface area contributed by atoms with E-state index in [2.05, 4.69) is 48.5 Å². The Bertz CT molecular complexity index is 180. The standard InChI is InChI=1S/C18H38/c1-8-10-11-12-17(9-2)18(13-14(3)4)16(7)15(5)6/h14-18H,8-13H2,1-7H3. The highest BCUT2D eigenvalue weighted by atomic mass is 14.3. The predicted octanol–water partition coefficient (Wildman–Crippen LogP) is 6.55. The highest BCUT2D eigenvalue weighted by Crippen LogP contribution is 2.36. The van der Waals surface area contributed by atoms with Gasteiger partial charge in [-0.25, -0.2) is 0 Å². The lowest BCUT2D eigenvalue weighted by molar-refractivity contribution is 0.149. The van der Waals surface area contributed by atoms with Crippen molar-refractivity contribution < 1.29 is 0 Å². The number of hydrogen-bond acceptors (Lipinski definition) is 0. The Morgan fingerprint density at radius 1 is 0.833 bits per heavy atom. The van der Waals surface area contributed by atoms with Gasteiger partial charge in [0, 0.05) is 0 Å². The molecule has 0 amide bonds. The van der Waals surface area contributed by atoms with Gasteiger partial charge in [-0.05, 0) is 36.0 Å². The third-order valence-electron chi connectivity index (χ3n) is 4.78. The smallest absolute Gasteiger partial charge is 0.0355 e. The normalized spacial score (nSPS) is 17.2. The summed E-state index contributed by atoms with van der Waals surface area (Å²) in [5.41, 5.74) is 0. The summed E-state index contributed by atoms with van der Waals surface area (Å²) in [4.78, 5) is 0. The third-order valence-corrected chi connectivity index (χ3v) is 4.78. The highest BCUT2D eigenvalue weighted by molar-refractivity contribution is 4.77. The molecule has 0 aliphatic heterocycles. The second-order valence-electron chi connectivity index (χ2n) is 7.06. The highest BCUT2D eigenvalue weighted by Gasteiger charge is 2.27. The van der Waals surface area contributed by atoms with Crippen LogP contribution in [0, 0.1) is 29.6 Å². The molecule has 0 fully saturated rings. The summed E-state index contributed by atoms with van der Waals surface area (Å²) in [6.07, 6.45) is 8.46. The molecule has 0 aromatic carbocycles. The Kier molecular flexibility index (Phi) is 9.87. The molecular formula is C18H38. The van der Waals surface area contributed by atoms with Gasteiger partial charge in [0.25, 0.3) is 0 Å². The first-order valence-electron chi connectivity index (χ1n) is 8.43. The van der Waals surface area contributed by atoms with Crippen molar-refractivity contribution >= 4 is 0 Å². The van der Waals surface area contributed by atoms with E-state index in [1.807, 2.05) is 0 Å². The molecule has 3 atom stereocenters. The van der Waals surface area contributed by atoms with Crippen molar-refractivity contribution in [3.63, 3.8) is 0 Å². The molecule has 0 N–H and O–H groups in total. The van der Waals surface area contributed by atoms with Gasteiger partial charge >= 0.3 is 0 Å². The molecule has 0 saturated carbocycles. The third kappa shape index (κ3) is 6.81. The molecule has 0 spiro atoms. The summed E-state index contributed by atoms with van der Waals surface area (Å²) in [7, 11) is 0. The number of rotatable bonds is 10. The van der Waals surface area contributed by atoms with Crippen LogP contribution in [0.4, 0.5) is 0 Å². The van der Waals surface area contributed by atoms with Crippen molar-refractivity contribution in [2.24, 2.45) is 29.6 Å². The minimum absolute atomic E-state index is 0.828. The van der Waals surface area contributed by atoms with E-state index in [0.717, 1.165) is 29.6 Å². The first kappa shape index (κ1) is 18.0. The lowest BCUT2D eigenvalue weighted by atomic mass is 9.71. The minimum Gasteiger partial charge on any atom is -0.0654 e. The molecule has 0 radical (unpaired) electrons. The fourth-order valence-electron chi connectivity index (χ4n) is 3.25. The van der Waals surface area contributed by atoms with E-state index in [9.17, 15) is 0 Å². The van der Waals surface area contributed by atoms with E-state index in [1.54, 1.807) is 0 Å². The van der Waals surface area contributed by atoms with Gasteiger partial charge in [0.1, 0.15) is 0 Å². The van der Waals surface area contributed by atoms with Crippen LogP contribution < -0.4 is 0 Å². The van der Waals surface area contributed by atoms with Crippen molar-refractivity contribution in [3.8, 4) is 0 Å². The van der Waals surface area contributed by atoms with Crippen LogP contribution in [-0.4, -0.2) is 0 Å². The molecule has 0 aliphatic rings. The molecule has 0 aliphatic carbocycles. The van der Waals surface area contributed by atoms with Crippen LogP contribution >= 0.6 is 0 Å². The maximum absolute atomic E-state index is 2.49. The van der Waals surface area contributed by atoms with E-state index < -0.39 is 0 Å². The molecule has 0 heterocycles. The molecule has 18 heavy (non-hydrogen) atoms. The molecular weight excluding hydrogens is 216 g/mol. The van der Waals surface area contributed by atoms with Crippen LogP contribution in [0.3, 0.4) is 0 Å². The van der Waals surface area contributed by atoms with Crippen LogP contribution in [0.5, 0.6) is 0 Å². The summed E-state index contributed by atoms with van der Waals surface area (Å²) in [5, 5.41) is 0. The molecule has 0 rings (SSSR count). The SMILES string of the molecule is CCCCCC(CC)C(CC(C)C)C(C)C(C)C. The summed E-state index contributed by atoms with van der Waals surface area (Å²) >= 11 is 0. The zero-order valence-corrected chi connectivity index (χ0v) is 14.1. The lowest BCUT2D eigenvalue weighted by Gasteiger charge is -2.35. The van der Waals surface area contributed by atoms with Crippen LogP contribution in [0.1, 0.15) is 87.0 Å². The van der Waals surface area contributed by atoms with Gasteiger partial charge in [0.05, 0.1) is 0 Å². The van der Waals surface area contributed by atoms with E-state index in [-0.39, 0.29) is 0 Å². The van der Waals surface area contributed by atoms with E-state index in [1.165, 1.54) is 38.5 Å². The second-order valence-corrected chi connectivity index (χ2v) is 7.06. The largest absolute Gasteiger partial charge is 0.0654 e. The van der Waals surface area contributed by atoms with Crippen molar-refractivity contribution in [2.75, 3.05) is 0 Å². The average molecular weight is 255 g/mol. The Morgan fingerprint density at radius 2 is 1.44 bits per heavy atom. The molecule has 0 bridgehead atoms. The summed E-state index contributed by atoms with van der Waals surface area (Å²) in [6, 6.07) is 0. The van der Waals surface area contributed by atoms with Crippen LogP contribution in [0.2, 0.25) is 0 Å². The maximum atomic E-state index is 2.49. The number of unbranched alkanes of at least 4 members (excludes halogenated alkanes) is 2. The van der Waals surface area contributed by atoms with E-state index in [0.29, 0.717) is 0 Å². The minimum atomic E-state index is 0.828. The van der Waals surface area contributed by atoms with E-state index >= 15 is 0 Å². The number of hydrogen-bond donors (Lipinski definition) is 0. The lowest BCUT2D eigenvalue weighted by Crippen LogP contribution is -2.26. The molecule has 0 aromatic heterocycles. The summed E-state index contributed by atoms with van der Waals surface area (Å²) in [5.74, 6) is 4.44. The van der Waals surface area contributed by atoms with Gasteiger partial charge in [0.15, 0.2) is 0 Å². The summed E-state index contributed by atoms with van der Waals surface area (Å²) < 4.78 is 0. The van der Waals surface area contributed by atoms with Gasteiger partial charge < -0.3 is 0 Å². The predicted molar refractivity (Wildman–Crippen MR) is 84.9 cm³/mol. The van der Waals surface area contributed by atoms with Crippen LogP contribution in [-0.2, 0) is 0 Å². The monoisotopic (exact) mass is 254 g/mol. The molecule has 3 unspecified atom stereocenters. The molecule has 0 nitrogen and oxygen atoms in total. The Morgan fingerprint density at radius 3 is 1.83 bits per heavy atom. The molecule has 110 valence electrons. The quantitative estimate of drug-likeness (QED) is 0.388. The molecule has 0 saturated heterocycles. The second kappa shape index (κ2) is 9.87. The van der Waals surface area contributed by atoms with Crippen molar-refractivity contribution in [2.45, 2.75) is 87.0 Å². The Labute approximate surface area is 117 Å². The topological polar surface area (TPSA) is 0 Å². The first-order valence-corrected chi connectivity index (χ1v) is 8.43. The zero-order chi connectivity index (χ0) is 14.1. The first-order chi connectivity index (χ1) is 8.43. The van der Waals surface area contributed by atoms with Gasteiger partial charge in [0.2, 0.25) is 0 Å². The van der Waals surface area contributed by atoms with Crippen LogP contribution in [0.15, 0.2) is 0 Å². The Balaban J connectivity index is 4.56. The Hall–Kier alpha value is 0. The van der Waals surface area contributed by atoms with Gasteiger partial charge in [-0.1, -0.05) is 80.6 Å². The van der Waals surface area contributed by atoms with Crippen molar-refractivity contribution in [1.82, 2.24) is 0 Å². The fraction of sp³-hybridized carbons (Fsp3) is 1.00. The maximum Gasteiger partial charge on any atom is -0.0355 e. The fourth-order valence-corrected chi connectivity index (χ4v) is 3.25. The molecule has 0 aromatic rings. The average Bonchev–Trinajstić information content (AvgIpc) is 2.31. The molecule has 0 heteroatoms. The van der Waals surface area contributed by atoms with Gasteiger partial charge in [-0.15, -0.1) is 0 Å². The zero-order valence-electron chi connectivity index (χ0n) is 14.1. The van der Waals surface area contributed by atoms with E-state index in [4.69, 9.17) is 0 Å². The summed E-state index contributed by atoms with van der Waals surface area (Å²) in [6.45, 7) is 16.8. The van der Waals surface area contributed by atoms with Crippen LogP contribution in [0.25, 0.3) is 0 Å². The van der Waals surface area contributed by atoms with Gasteiger partial charge in [-0.3, -0.25) is 0 Å².